The maximum Gasteiger partial charge on any atom is 0.259 e. The Kier molecular flexibility index (Phi) is 4.67. The van der Waals surface area contributed by atoms with Crippen LogP contribution in [0.2, 0.25) is 5.02 Å². The molecule has 158 valence electrons. The van der Waals surface area contributed by atoms with Crippen molar-refractivity contribution < 1.29 is 9.59 Å². The molecule has 0 bridgehead atoms. The average molecular weight is 434 g/mol. The van der Waals surface area contributed by atoms with Crippen LogP contribution < -0.4 is 5.32 Å². The maximum atomic E-state index is 13.4. The van der Waals surface area contributed by atoms with Crippen molar-refractivity contribution in [2.75, 3.05) is 11.9 Å². The molecule has 2 amide bonds. The van der Waals surface area contributed by atoms with Gasteiger partial charge in [0.2, 0.25) is 5.91 Å². The molecule has 1 N–H and O–H groups in total. The second-order valence-corrected chi connectivity index (χ2v) is 9.18. The standard InChI is InChI=1S/C25H24ClN3O2/c1-14(2)11-28-12-18-22(16-7-9-17(26)10-8-16)24-20(13-29(15(3)30)25(24)31)27-19-5-4-6-21(28)23(18)19/h4-10,12,14,22,27H,11,13H2,1-3H3/t22-/m1/s1. The molecule has 5 nitrogen and oxygen atoms in total. The van der Waals surface area contributed by atoms with E-state index in [4.69, 9.17) is 11.6 Å². The van der Waals surface area contributed by atoms with E-state index in [1.165, 1.54) is 11.8 Å². The van der Waals surface area contributed by atoms with E-state index in [1.807, 2.05) is 36.4 Å². The van der Waals surface area contributed by atoms with Crippen LogP contribution in [0.5, 0.6) is 0 Å². The molecule has 0 fully saturated rings. The van der Waals surface area contributed by atoms with Gasteiger partial charge in [0.05, 0.1) is 17.6 Å². The number of aromatic nitrogens is 1. The van der Waals surface area contributed by atoms with Crippen molar-refractivity contribution in [1.82, 2.24) is 9.47 Å². The molecule has 1 aromatic heterocycles. The van der Waals surface area contributed by atoms with Gasteiger partial charge in [0, 0.05) is 47.4 Å². The van der Waals surface area contributed by atoms with Crippen molar-refractivity contribution in [3.05, 3.63) is 76.1 Å². The number of hydrogen-bond acceptors (Lipinski definition) is 3. The molecule has 5 rings (SSSR count). The number of hydrogen-bond donors (Lipinski definition) is 1. The Balaban J connectivity index is 1.79. The number of anilines is 1. The zero-order valence-electron chi connectivity index (χ0n) is 17.8. The van der Waals surface area contributed by atoms with Crippen LogP contribution in [0.25, 0.3) is 10.9 Å². The van der Waals surface area contributed by atoms with E-state index in [2.05, 4.69) is 36.0 Å². The number of rotatable bonds is 3. The zero-order valence-corrected chi connectivity index (χ0v) is 18.5. The summed E-state index contributed by atoms with van der Waals surface area (Å²) in [5.41, 5.74) is 5.60. The monoisotopic (exact) mass is 433 g/mol. The number of imide groups is 1. The van der Waals surface area contributed by atoms with Crippen molar-refractivity contribution in [3.8, 4) is 0 Å². The Labute approximate surface area is 186 Å². The largest absolute Gasteiger partial charge is 0.356 e. The first-order valence-corrected chi connectivity index (χ1v) is 10.9. The third kappa shape index (κ3) is 3.15. The van der Waals surface area contributed by atoms with Gasteiger partial charge in [-0.1, -0.05) is 43.6 Å². The van der Waals surface area contributed by atoms with Crippen LogP contribution in [0.3, 0.4) is 0 Å². The Morgan fingerprint density at radius 1 is 1.19 bits per heavy atom. The Morgan fingerprint density at radius 2 is 1.94 bits per heavy atom. The topological polar surface area (TPSA) is 54.3 Å². The number of benzene rings is 2. The summed E-state index contributed by atoms with van der Waals surface area (Å²) >= 11 is 6.16. The third-order valence-corrected chi connectivity index (χ3v) is 6.33. The highest BCUT2D eigenvalue weighted by molar-refractivity contribution is 6.30. The number of nitrogens with one attached hydrogen (secondary N) is 1. The van der Waals surface area contributed by atoms with Crippen molar-refractivity contribution in [3.63, 3.8) is 0 Å². The molecule has 3 aromatic rings. The number of carbonyl (C=O) groups excluding carboxylic acids is 2. The molecular formula is C25H24ClN3O2. The van der Waals surface area contributed by atoms with Crippen LogP contribution in [0.4, 0.5) is 5.69 Å². The van der Waals surface area contributed by atoms with Crippen molar-refractivity contribution in [2.45, 2.75) is 33.2 Å². The molecule has 2 aromatic carbocycles. The van der Waals surface area contributed by atoms with Crippen molar-refractivity contribution in [2.24, 2.45) is 5.92 Å². The summed E-state index contributed by atoms with van der Waals surface area (Å²) in [5, 5.41) is 5.28. The highest BCUT2D eigenvalue weighted by atomic mass is 35.5. The van der Waals surface area contributed by atoms with Gasteiger partial charge in [-0.3, -0.25) is 14.5 Å². The minimum Gasteiger partial charge on any atom is -0.356 e. The van der Waals surface area contributed by atoms with Crippen LogP contribution in [0, 0.1) is 5.92 Å². The molecule has 3 heterocycles. The Hall–Kier alpha value is -3.05. The lowest BCUT2D eigenvalue weighted by Crippen LogP contribution is -2.33. The third-order valence-electron chi connectivity index (χ3n) is 6.08. The highest BCUT2D eigenvalue weighted by Crippen LogP contribution is 2.46. The Bertz CT molecular complexity index is 1250. The second-order valence-electron chi connectivity index (χ2n) is 8.74. The molecule has 0 saturated carbocycles. The van der Waals surface area contributed by atoms with Gasteiger partial charge in [0.15, 0.2) is 0 Å². The molecule has 0 unspecified atom stereocenters. The molecule has 31 heavy (non-hydrogen) atoms. The fraction of sp³-hybridized carbons (Fsp3) is 0.280. The van der Waals surface area contributed by atoms with E-state index in [9.17, 15) is 9.59 Å². The van der Waals surface area contributed by atoms with Crippen LogP contribution in [-0.4, -0.2) is 27.8 Å². The van der Waals surface area contributed by atoms with E-state index >= 15 is 0 Å². The van der Waals surface area contributed by atoms with E-state index in [0.717, 1.165) is 40.0 Å². The fourth-order valence-electron chi connectivity index (χ4n) is 4.82. The zero-order chi connectivity index (χ0) is 21.9. The molecule has 0 spiro atoms. The van der Waals surface area contributed by atoms with Crippen LogP contribution in [0.15, 0.2) is 59.9 Å². The van der Waals surface area contributed by atoms with Gasteiger partial charge in [-0.25, -0.2) is 0 Å². The van der Waals surface area contributed by atoms with E-state index in [-0.39, 0.29) is 24.3 Å². The summed E-state index contributed by atoms with van der Waals surface area (Å²) in [6, 6.07) is 13.9. The second kappa shape index (κ2) is 7.27. The van der Waals surface area contributed by atoms with Crippen molar-refractivity contribution in [1.29, 1.82) is 0 Å². The SMILES string of the molecule is CC(=O)N1CC2=C(C1=O)[C@H](c1ccc(Cl)cc1)c1cn(CC(C)C)c3cccc(c13)N2. The lowest BCUT2D eigenvalue weighted by molar-refractivity contribution is -0.139. The van der Waals surface area contributed by atoms with Gasteiger partial charge in [0.1, 0.15) is 0 Å². The van der Waals surface area contributed by atoms with Crippen LogP contribution >= 0.6 is 11.6 Å². The molecule has 0 saturated heterocycles. The molecule has 2 aliphatic heterocycles. The van der Waals surface area contributed by atoms with Gasteiger partial charge in [-0.15, -0.1) is 0 Å². The van der Waals surface area contributed by atoms with Gasteiger partial charge in [-0.2, -0.15) is 0 Å². The van der Waals surface area contributed by atoms with Crippen LogP contribution in [0.1, 0.15) is 37.8 Å². The first-order valence-electron chi connectivity index (χ1n) is 10.5. The lowest BCUT2D eigenvalue weighted by Gasteiger charge is -2.19. The minimum atomic E-state index is -0.281. The van der Waals surface area contributed by atoms with Gasteiger partial charge >= 0.3 is 0 Å². The normalized spacial score (nSPS) is 17.9. The first-order chi connectivity index (χ1) is 14.8. The quantitative estimate of drug-likeness (QED) is 0.621. The van der Waals surface area contributed by atoms with Gasteiger partial charge in [-0.05, 0) is 41.3 Å². The molecule has 6 heteroatoms. The number of halogens is 1. The molecule has 0 aliphatic carbocycles. The first kappa shape index (κ1) is 19.9. The highest BCUT2D eigenvalue weighted by Gasteiger charge is 2.41. The summed E-state index contributed by atoms with van der Waals surface area (Å²) in [7, 11) is 0. The smallest absolute Gasteiger partial charge is 0.259 e. The summed E-state index contributed by atoms with van der Waals surface area (Å²) < 4.78 is 2.27. The predicted octanol–water partition coefficient (Wildman–Crippen LogP) is 5.15. The van der Waals surface area contributed by atoms with Gasteiger partial charge < -0.3 is 9.88 Å². The number of amides is 2. The number of nitrogens with zero attached hydrogens (tertiary/aromatic N) is 2. The lowest BCUT2D eigenvalue weighted by atomic mass is 9.84. The summed E-state index contributed by atoms with van der Waals surface area (Å²) in [5.74, 6) is -0.276. The average Bonchev–Trinajstić information content (AvgIpc) is 3.18. The summed E-state index contributed by atoms with van der Waals surface area (Å²) in [6.45, 7) is 6.98. The summed E-state index contributed by atoms with van der Waals surface area (Å²) in [6.07, 6.45) is 2.18. The maximum absolute atomic E-state index is 13.4. The van der Waals surface area contributed by atoms with E-state index in [0.29, 0.717) is 16.5 Å². The predicted molar refractivity (Wildman–Crippen MR) is 123 cm³/mol. The molecular weight excluding hydrogens is 410 g/mol. The van der Waals surface area contributed by atoms with E-state index in [1.54, 1.807) is 0 Å². The number of carbonyl (C=O) groups is 2. The Morgan fingerprint density at radius 3 is 2.61 bits per heavy atom. The molecule has 0 radical (unpaired) electrons. The van der Waals surface area contributed by atoms with Crippen molar-refractivity contribution >= 4 is 40.0 Å². The van der Waals surface area contributed by atoms with Crippen LogP contribution in [-0.2, 0) is 16.1 Å². The summed E-state index contributed by atoms with van der Waals surface area (Å²) in [4.78, 5) is 26.9. The molecule has 2 aliphatic rings. The van der Waals surface area contributed by atoms with E-state index < -0.39 is 0 Å². The molecule has 1 atom stereocenters. The minimum absolute atomic E-state index is 0.229. The van der Waals surface area contributed by atoms with Gasteiger partial charge in [0.25, 0.3) is 5.91 Å². The fourth-order valence-corrected chi connectivity index (χ4v) is 4.95.